The lowest BCUT2D eigenvalue weighted by atomic mass is 10.2. The van der Waals surface area contributed by atoms with Crippen LogP contribution in [0.2, 0.25) is 5.02 Å². The van der Waals surface area contributed by atoms with Gasteiger partial charge in [0.2, 0.25) is 0 Å². The Labute approximate surface area is 125 Å². The van der Waals surface area contributed by atoms with Crippen LogP contribution in [0.4, 0.5) is 0 Å². The zero-order valence-electron chi connectivity index (χ0n) is 12.4. The molecule has 1 aromatic rings. The molecule has 0 saturated carbocycles. The van der Waals surface area contributed by atoms with E-state index in [0.29, 0.717) is 28.7 Å². The Balaban J connectivity index is 3.09. The Morgan fingerprint density at radius 2 is 2.05 bits per heavy atom. The van der Waals surface area contributed by atoms with Gasteiger partial charge in [0.1, 0.15) is 0 Å². The largest absolute Gasteiger partial charge is 0.488 e. The highest BCUT2D eigenvalue weighted by Crippen LogP contribution is 2.37. The van der Waals surface area contributed by atoms with E-state index in [2.05, 4.69) is 6.92 Å². The first-order chi connectivity index (χ1) is 9.49. The van der Waals surface area contributed by atoms with Crippen LogP contribution < -0.4 is 9.47 Å². The second kappa shape index (κ2) is 8.00. The molecule has 0 bridgehead atoms. The van der Waals surface area contributed by atoms with Gasteiger partial charge in [0.25, 0.3) is 0 Å². The van der Waals surface area contributed by atoms with Crippen molar-refractivity contribution in [2.24, 2.45) is 0 Å². The summed E-state index contributed by atoms with van der Waals surface area (Å²) in [6.45, 7) is 6.43. The fraction of sp³-hybridized carbons (Fsp3) is 0.533. The molecule has 4 nitrogen and oxygen atoms in total. The fourth-order valence-corrected chi connectivity index (χ4v) is 1.87. The average Bonchev–Trinajstić information content (AvgIpc) is 2.40. The number of unbranched alkanes of at least 4 members (excludes halogenated alkanes) is 1. The summed E-state index contributed by atoms with van der Waals surface area (Å²) in [4.78, 5) is 11.6. The summed E-state index contributed by atoms with van der Waals surface area (Å²) in [5.74, 6) is 0.478. The van der Waals surface area contributed by atoms with Crippen molar-refractivity contribution in [3.8, 4) is 11.5 Å². The van der Waals surface area contributed by atoms with E-state index in [9.17, 15) is 4.79 Å². The Hall–Kier alpha value is -1.42. The Bertz CT molecular complexity index is 457. The van der Waals surface area contributed by atoms with Gasteiger partial charge < -0.3 is 14.2 Å². The highest BCUT2D eigenvalue weighted by atomic mass is 35.5. The van der Waals surface area contributed by atoms with Crippen LogP contribution >= 0.6 is 11.6 Å². The van der Waals surface area contributed by atoms with Crippen LogP contribution in [0.25, 0.3) is 0 Å². The molecule has 1 rings (SSSR count). The van der Waals surface area contributed by atoms with Crippen molar-refractivity contribution in [1.82, 2.24) is 0 Å². The summed E-state index contributed by atoms with van der Waals surface area (Å²) in [6, 6.07) is 3.13. The third kappa shape index (κ3) is 4.60. The van der Waals surface area contributed by atoms with Gasteiger partial charge in [-0.2, -0.15) is 0 Å². The SMILES string of the molecule is CCCCOc1c(Cl)cc(C(=O)OC)cc1OC(C)C. The maximum atomic E-state index is 11.6. The van der Waals surface area contributed by atoms with Gasteiger partial charge in [0.05, 0.1) is 30.4 Å². The predicted molar refractivity (Wildman–Crippen MR) is 79.0 cm³/mol. The minimum Gasteiger partial charge on any atom is -0.488 e. The first-order valence-corrected chi connectivity index (χ1v) is 7.08. The molecular formula is C15H21ClO4. The number of carbonyl (C=O) groups is 1. The summed E-state index contributed by atoms with van der Waals surface area (Å²) in [5, 5.41) is 0.347. The van der Waals surface area contributed by atoms with Crippen molar-refractivity contribution in [2.45, 2.75) is 39.7 Å². The molecule has 0 fully saturated rings. The molecule has 0 N–H and O–H groups in total. The lowest BCUT2D eigenvalue weighted by Gasteiger charge is -2.17. The number of methoxy groups -OCH3 is 1. The molecule has 0 heterocycles. The number of carbonyl (C=O) groups excluding carboxylic acids is 1. The standard InChI is InChI=1S/C15H21ClO4/c1-5-6-7-19-14-12(16)8-11(15(17)18-4)9-13(14)20-10(2)3/h8-10H,5-7H2,1-4H3. The highest BCUT2D eigenvalue weighted by Gasteiger charge is 2.17. The van der Waals surface area contributed by atoms with Gasteiger partial charge in [0.15, 0.2) is 11.5 Å². The Morgan fingerprint density at radius 3 is 2.60 bits per heavy atom. The van der Waals surface area contributed by atoms with Crippen LogP contribution in [0.15, 0.2) is 12.1 Å². The van der Waals surface area contributed by atoms with E-state index in [1.165, 1.54) is 13.2 Å². The summed E-state index contributed by atoms with van der Waals surface area (Å²) >= 11 is 6.19. The Kier molecular flexibility index (Phi) is 6.65. The summed E-state index contributed by atoms with van der Waals surface area (Å²) < 4.78 is 16.0. The van der Waals surface area contributed by atoms with E-state index < -0.39 is 5.97 Å². The smallest absolute Gasteiger partial charge is 0.338 e. The number of hydrogen-bond acceptors (Lipinski definition) is 4. The maximum Gasteiger partial charge on any atom is 0.338 e. The molecule has 0 radical (unpaired) electrons. The van der Waals surface area contributed by atoms with Crippen molar-refractivity contribution < 1.29 is 19.0 Å². The molecule has 0 aliphatic carbocycles. The number of esters is 1. The summed E-state index contributed by atoms with van der Waals surface area (Å²) in [6.07, 6.45) is 1.90. The van der Waals surface area contributed by atoms with E-state index in [1.54, 1.807) is 6.07 Å². The molecule has 0 spiro atoms. The number of rotatable bonds is 7. The molecule has 112 valence electrons. The van der Waals surface area contributed by atoms with E-state index in [-0.39, 0.29) is 6.10 Å². The second-order valence-corrected chi connectivity index (χ2v) is 5.05. The van der Waals surface area contributed by atoms with Crippen molar-refractivity contribution in [3.05, 3.63) is 22.7 Å². The third-order valence-electron chi connectivity index (χ3n) is 2.54. The first-order valence-electron chi connectivity index (χ1n) is 6.70. The molecule has 0 atom stereocenters. The monoisotopic (exact) mass is 300 g/mol. The zero-order valence-corrected chi connectivity index (χ0v) is 13.1. The summed E-state index contributed by atoms with van der Waals surface area (Å²) in [5.41, 5.74) is 0.344. The molecule has 0 unspecified atom stereocenters. The molecule has 0 saturated heterocycles. The maximum absolute atomic E-state index is 11.6. The van der Waals surface area contributed by atoms with Crippen LogP contribution in [0.1, 0.15) is 44.0 Å². The molecule has 0 aliphatic rings. The minimum absolute atomic E-state index is 0.0486. The molecule has 5 heteroatoms. The van der Waals surface area contributed by atoms with Gasteiger partial charge in [-0.05, 0) is 32.4 Å². The molecule has 0 aliphatic heterocycles. The lowest BCUT2D eigenvalue weighted by molar-refractivity contribution is 0.0600. The van der Waals surface area contributed by atoms with E-state index in [0.717, 1.165) is 12.8 Å². The number of halogens is 1. The molecule has 0 amide bonds. The normalized spacial score (nSPS) is 10.5. The quantitative estimate of drug-likeness (QED) is 0.562. The van der Waals surface area contributed by atoms with E-state index >= 15 is 0 Å². The van der Waals surface area contributed by atoms with Gasteiger partial charge in [-0.25, -0.2) is 4.79 Å². The molecule has 0 aromatic heterocycles. The zero-order chi connectivity index (χ0) is 15.1. The van der Waals surface area contributed by atoms with Crippen LogP contribution in [-0.2, 0) is 4.74 Å². The van der Waals surface area contributed by atoms with Crippen LogP contribution in [-0.4, -0.2) is 25.8 Å². The molecular weight excluding hydrogens is 280 g/mol. The Morgan fingerprint density at radius 1 is 1.35 bits per heavy atom. The van der Waals surface area contributed by atoms with Gasteiger partial charge >= 0.3 is 5.97 Å². The average molecular weight is 301 g/mol. The van der Waals surface area contributed by atoms with Crippen LogP contribution in [0.5, 0.6) is 11.5 Å². The minimum atomic E-state index is -0.458. The lowest BCUT2D eigenvalue weighted by Crippen LogP contribution is -2.10. The number of ether oxygens (including phenoxy) is 3. The second-order valence-electron chi connectivity index (χ2n) is 4.65. The van der Waals surface area contributed by atoms with Gasteiger partial charge in [-0.3, -0.25) is 0 Å². The van der Waals surface area contributed by atoms with Crippen LogP contribution in [0.3, 0.4) is 0 Å². The predicted octanol–water partition coefficient (Wildman–Crippen LogP) is 4.09. The number of hydrogen-bond donors (Lipinski definition) is 0. The van der Waals surface area contributed by atoms with Crippen molar-refractivity contribution in [3.63, 3.8) is 0 Å². The van der Waals surface area contributed by atoms with E-state index in [1.807, 2.05) is 13.8 Å². The third-order valence-corrected chi connectivity index (χ3v) is 2.82. The van der Waals surface area contributed by atoms with Crippen molar-refractivity contribution >= 4 is 17.6 Å². The van der Waals surface area contributed by atoms with Crippen molar-refractivity contribution in [2.75, 3.05) is 13.7 Å². The van der Waals surface area contributed by atoms with Gasteiger partial charge in [-0.1, -0.05) is 24.9 Å². The van der Waals surface area contributed by atoms with Crippen LogP contribution in [0, 0.1) is 0 Å². The van der Waals surface area contributed by atoms with Gasteiger partial charge in [0, 0.05) is 0 Å². The molecule has 20 heavy (non-hydrogen) atoms. The fourth-order valence-electron chi connectivity index (χ4n) is 1.60. The summed E-state index contributed by atoms with van der Waals surface area (Å²) in [7, 11) is 1.32. The number of benzene rings is 1. The highest BCUT2D eigenvalue weighted by molar-refractivity contribution is 6.32. The van der Waals surface area contributed by atoms with Crippen molar-refractivity contribution in [1.29, 1.82) is 0 Å². The van der Waals surface area contributed by atoms with E-state index in [4.69, 9.17) is 25.8 Å². The first kappa shape index (κ1) is 16.6. The van der Waals surface area contributed by atoms with Gasteiger partial charge in [-0.15, -0.1) is 0 Å². The topological polar surface area (TPSA) is 44.8 Å². The molecule has 1 aromatic carbocycles.